The van der Waals surface area contributed by atoms with Gasteiger partial charge < -0.3 is 19.6 Å². The van der Waals surface area contributed by atoms with Crippen LogP contribution in [0.25, 0.3) is 22.2 Å². The number of nitrogens with zero attached hydrogens (tertiary/aromatic N) is 3. The van der Waals surface area contributed by atoms with Crippen LogP contribution in [0.1, 0.15) is 31.5 Å². The molecule has 1 aromatic carbocycles. The molecule has 1 fully saturated rings. The maximum Gasteiger partial charge on any atom is 0.251 e. The van der Waals surface area contributed by atoms with E-state index in [1.54, 1.807) is 35.2 Å². The van der Waals surface area contributed by atoms with Crippen molar-refractivity contribution in [3.63, 3.8) is 0 Å². The standard InChI is InChI=1S/C24H24FN5O2/c1-15(22-13-17-12-18(25)2-3-20(17)28-22)30-9-5-16(14-23(30)31)21-4-8-26-24(29-21)27-19-6-10-32-11-7-19/h2-5,8-9,12-15,19,28H,6-7,10-11H2,1H3,(H,26,27,29). The third-order valence-electron chi connectivity index (χ3n) is 5.92. The quantitative estimate of drug-likeness (QED) is 0.494. The number of fused-ring (bicyclic) bond motifs is 1. The fourth-order valence-electron chi connectivity index (χ4n) is 4.08. The predicted molar refractivity (Wildman–Crippen MR) is 121 cm³/mol. The van der Waals surface area contributed by atoms with Gasteiger partial charge in [-0.25, -0.2) is 14.4 Å². The second-order valence-electron chi connectivity index (χ2n) is 8.09. The summed E-state index contributed by atoms with van der Waals surface area (Å²) in [6.45, 7) is 3.40. The molecule has 164 valence electrons. The molecule has 0 amide bonds. The Labute approximate surface area is 184 Å². The summed E-state index contributed by atoms with van der Waals surface area (Å²) in [5, 5.41) is 4.14. The molecular weight excluding hydrogens is 409 g/mol. The van der Waals surface area contributed by atoms with E-state index >= 15 is 0 Å². The first-order valence-electron chi connectivity index (χ1n) is 10.7. The fraction of sp³-hybridized carbons (Fsp3) is 0.292. The van der Waals surface area contributed by atoms with Crippen LogP contribution in [0.3, 0.4) is 0 Å². The second-order valence-corrected chi connectivity index (χ2v) is 8.09. The van der Waals surface area contributed by atoms with Crippen LogP contribution in [0.15, 0.2) is 59.7 Å². The van der Waals surface area contributed by atoms with Gasteiger partial charge in [0, 0.05) is 59.9 Å². The molecule has 1 aliphatic rings. The van der Waals surface area contributed by atoms with E-state index in [-0.39, 0.29) is 23.5 Å². The van der Waals surface area contributed by atoms with E-state index in [4.69, 9.17) is 4.74 Å². The Morgan fingerprint density at radius 3 is 2.84 bits per heavy atom. The summed E-state index contributed by atoms with van der Waals surface area (Å²) in [6, 6.07) is 11.8. The van der Waals surface area contributed by atoms with Crippen molar-refractivity contribution in [2.75, 3.05) is 18.5 Å². The van der Waals surface area contributed by atoms with E-state index in [2.05, 4.69) is 20.3 Å². The van der Waals surface area contributed by atoms with Crippen molar-refractivity contribution >= 4 is 16.9 Å². The third kappa shape index (κ3) is 4.13. The van der Waals surface area contributed by atoms with Crippen LogP contribution in [0.4, 0.5) is 10.3 Å². The molecule has 7 nitrogen and oxygen atoms in total. The molecule has 5 rings (SSSR count). The fourth-order valence-corrected chi connectivity index (χ4v) is 4.08. The number of nitrogens with one attached hydrogen (secondary N) is 2. The van der Waals surface area contributed by atoms with Gasteiger partial charge in [-0.3, -0.25) is 4.79 Å². The lowest BCUT2D eigenvalue weighted by Gasteiger charge is -2.23. The number of benzene rings is 1. The number of H-pyrrole nitrogens is 1. The molecule has 4 heterocycles. The Bertz CT molecular complexity index is 1310. The van der Waals surface area contributed by atoms with E-state index in [1.165, 1.54) is 12.1 Å². The van der Waals surface area contributed by atoms with Gasteiger partial charge in [0.2, 0.25) is 5.95 Å². The Balaban J connectivity index is 1.39. The minimum Gasteiger partial charge on any atom is -0.381 e. The van der Waals surface area contributed by atoms with E-state index in [9.17, 15) is 9.18 Å². The minimum atomic E-state index is -0.284. The van der Waals surface area contributed by atoms with Crippen molar-refractivity contribution in [2.45, 2.75) is 31.8 Å². The number of aromatic amines is 1. The summed E-state index contributed by atoms with van der Waals surface area (Å²) in [5.41, 5.74) is 2.95. The van der Waals surface area contributed by atoms with Gasteiger partial charge in [-0.2, -0.15) is 0 Å². The van der Waals surface area contributed by atoms with Gasteiger partial charge in [0.05, 0.1) is 11.7 Å². The topological polar surface area (TPSA) is 84.8 Å². The largest absolute Gasteiger partial charge is 0.381 e. The van der Waals surface area contributed by atoms with Crippen LogP contribution in [0.2, 0.25) is 0 Å². The zero-order chi connectivity index (χ0) is 22.1. The lowest BCUT2D eigenvalue weighted by Crippen LogP contribution is -2.28. The molecule has 1 saturated heterocycles. The van der Waals surface area contributed by atoms with Gasteiger partial charge in [-0.15, -0.1) is 0 Å². The first-order valence-corrected chi connectivity index (χ1v) is 10.7. The molecule has 3 aromatic heterocycles. The molecule has 0 saturated carbocycles. The lowest BCUT2D eigenvalue weighted by molar-refractivity contribution is 0.0903. The molecule has 0 bridgehead atoms. The molecule has 0 radical (unpaired) electrons. The van der Waals surface area contributed by atoms with Crippen molar-refractivity contribution in [1.82, 2.24) is 19.5 Å². The first-order chi connectivity index (χ1) is 15.6. The minimum absolute atomic E-state index is 0.141. The summed E-state index contributed by atoms with van der Waals surface area (Å²) < 4.78 is 20.5. The van der Waals surface area contributed by atoms with Crippen molar-refractivity contribution < 1.29 is 9.13 Å². The zero-order valence-electron chi connectivity index (χ0n) is 17.7. The summed E-state index contributed by atoms with van der Waals surface area (Å²) in [7, 11) is 0. The highest BCUT2D eigenvalue weighted by Crippen LogP contribution is 2.24. The number of anilines is 1. The molecule has 1 atom stereocenters. The Kier molecular flexibility index (Phi) is 5.45. The molecular formula is C24H24FN5O2. The average Bonchev–Trinajstić information content (AvgIpc) is 3.23. The number of hydrogen-bond donors (Lipinski definition) is 2. The van der Waals surface area contributed by atoms with Crippen molar-refractivity contribution in [3.8, 4) is 11.3 Å². The van der Waals surface area contributed by atoms with Gasteiger partial charge >= 0.3 is 0 Å². The molecule has 0 spiro atoms. The van der Waals surface area contributed by atoms with Crippen LogP contribution < -0.4 is 10.9 Å². The normalized spacial score (nSPS) is 15.7. The van der Waals surface area contributed by atoms with Crippen LogP contribution in [0.5, 0.6) is 0 Å². The van der Waals surface area contributed by atoms with Gasteiger partial charge in [0.15, 0.2) is 0 Å². The number of pyridine rings is 1. The maximum atomic E-state index is 13.5. The summed E-state index contributed by atoms with van der Waals surface area (Å²) in [4.78, 5) is 25.1. The predicted octanol–water partition coefficient (Wildman–Crippen LogP) is 4.13. The number of ether oxygens (including phenoxy) is 1. The van der Waals surface area contributed by atoms with Gasteiger partial charge in [0.25, 0.3) is 5.56 Å². The van der Waals surface area contributed by atoms with E-state index in [0.29, 0.717) is 11.6 Å². The molecule has 1 unspecified atom stereocenters. The summed E-state index contributed by atoms with van der Waals surface area (Å²) in [5.74, 6) is 0.269. The van der Waals surface area contributed by atoms with Crippen molar-refractivity contribution in [1.29, 1.82) is 0 Å². The number of halogens is 1. The van der Waals surface area contributed by atoms with Crippen LogP contribution in [-0.2, 0) is 4.74 Å². The van der Waals surface area contributed by atoms with Gasteiger partial charge in [0.1, 0.15) is 5.82 Å². The van der Waals surface area contributed by atoms with Gasteiger partial charge in [-0.1, -0.05) is 0 Å². The van der Waals surface area contributed by atoms with Crippen LogP contribution in [-0.4, -0.2) is 38.8 Å². The maximum absolute atomic E-state index is 13.5. The molecule has 8 heteroatoms. The zero-order valence-corrected chi connectivity index (χ0v) is 17.7. The highest BCUT2D eigenvalue weighted by Gasteiger charge is 2.16. The number of aromatic nitrogens is 4. The molecule has 2 N–H and O–H groups in total. The SMILES string of the molecule is CC(c1cc2cc(F)ccc2[nH]1)n1ccc(-c2ccnc(NC3CCOCC3)n2)cc1=O. The van der Waals surface area contributed by atoms with Crippen LogP contribution >= 0.6 is 0 Å². The van der Waals surface area contributed by atoms with Gasteiger partial charge in [-0.05, 0) is 56.2 Å². The van der Waals surface area contributed by atoms with Crippen LogP contribution in [0, 0.1) is 5.82 Å². The monoisotopic (exact) mass is 433 g/mol. The highest BCUT2D eigenvalue weighted by atomic mass is 19.1. The molecule has 4 aromatic rings. The summed E-state index contributed by atoms with van der Waals surface area (Å²) in [6.07, 6.45) is 5.30. The Morgan fingerprint density at radius 1 is 1.19 bits per heavy atom. The first kappa shape index (κ1) is 20.4. The van der Waals surface area contributed by atoms with Crippen molar-refractivity contribution in [2.24, 2.45) is 0 Å². The number of rotatable bonds is 5. The Morgan fingerprint density at radius 2 is 2.03 bits per heavy atom. The molecule has 32 heavy (non-hydrogen) atoms. The second kappa shape index (κ2) is 8.55. The average molecular weight is 433 g/mol. The van der Waals surface area contributed by atoms with E-state index < -0.39 is 0 Å². The smallest absolute Gasteiger partial charge is 0.251 e. The Hall–Kier alpha value is -3.52. The summed E-state index contributed by atoms with van der Waals surface area (Å²) >= 11 is 0. The molecule has 1 aliphatic heterocycles. The number of hydrogen-bond acceptors (Lipinski definition) is 5. The highest BCUT2D eigenvalue weighted by molar-refractivity contribution is 5.80. The van der Waals surface area contributed by atoms with E-state index in [1.807, 2.05) is 19.1 Å². The van der Waals surface area contributed by atoms with E-state index in [0.717, 1.165) is 48.2 Å². The molecule has 0 aliphatic carbocycles. The third-order valence-corrected chi connectivity index (χ3v) is 5.92. The lowest BCUT2D eigenvalue weighted by atomic mass is 10.1. The van der Waals surface area contributed by atoms with Crippen molar-refractivity contribution in [3.05, 3.63) is 76.7 Å².